The number of rotatable bonds is 5. The number of piperidine rings is 1. The third kappa shape index (κ3) is 4.32. The van der Waals surface area contributed by atoms with Crippen molar-refractivity contribution in [2.75, 3.05) is 36.0 Å². The molecule has 3 fully saturated rings. The van der Waals surface area contributed by atoms with Crippen molar-refractivity contribution in [1.29, 1.82) is 0 Å². The van der Waals surface area contributed by atoms with Gasteiger partial charge in [0.05, 0.1) is 11.5 Å². The summed E-state index contributed by atoms with van der Waals surface area (Å²) in [6, 6.07) is 6.15. The number of aryl methyl sites for hydroxylation is 1. The SMILES string of the molecule is CCCN(C(=O)O)c1ccc(N2CCCC3(CCN([C@H]4CC[C@H](O)CC4)C3=O)C2)c(C)c1. The molecule has 1 aromatic rings. The summed E-state index contributed by atoms with van der Waals surface area (Å²) in [6.07, 6.45) is 5.87. The van der Waals surface area contributed by atoms with Crippen LogP contribution < -0.4 is 9.80 Å². The zero-order valence-corrected chi connectivity index (χ0v) is 19.4. The van der Waals surface area contributed by atoms with Gasteiger partial charge in [-0.05, 0) is 82.1 Å². The number of carboxylic acid groups (broad SMARTS) is 1. The van der Waals surface area contributed by atoms with E-state index in [1.54, 1.807) is 0 Å². The number of anilines is 2. The van der Waals surface area contributed by atoms with Crippen LogP contribution in [0.1, 0.15) is 63.9 Å². The highest BCUT2D eigenvalue weighted by Gasteiger charge is 2.50. The first-order valence-corrected chi connectivity index (χ1v) is 12.2. The van der Waals surface area contributed by atoms with Gasteiger partial charge in [0.15, 0.2) is 0 Å². The molecule has 0 bridgehead atoms. The molecule has 1 aliphatic carbocycles. The number of amides is 2. The molecule has 2 N–H and O–H groups in total. The Balaban J connectivity index is 1.49. The zero-order valence-electron chi connectivity index (χ0n) is 19.4. The Kier molecular flexibility index (Phi) is 6.65. The highest BCUT2D eigenvalue weighted by molar-refractivity contribution is 5.87. The van der Waals surface area contributed by atoms with Crippen molar-refractivity contribution in [2.24, 2.45) is 5.41 Å². The topological polar surface area (TPSA) is 84.3 Å². The largest absolute Gasteiger partial charge is 0.465 e. The van der Waals surface area contributed by atoms with Crippen LogP contribution in [0.25, 0.3) is 0 Å². The van der Waals surface area contributed by atoms with E-state index in [9.17, 15) is 19.8 Å². The lowest BCUT2D eigenvalue weighted by Gasteiger charge is -2.42. The molecular formula is C25H37N3O4. The van der Waals surface area contributed by atoms with E-state index in [2.05, 4.69) is 9.80 Å². The minimum Gasteiger partial charge on any atom is -0.465 e. The zero-order chi connectivity index (χ0) is 22.9. The number of aliphatic hydroxyl groups is 1. The minimum absolute atomic E-state index is 0.205. The van der Waals surface area contributed by atoms with Crippen molar-refractivity contribution in [3.05, 3.63) is 23.8 Å². The van der Waals surface area contributed by atoms with Crippen LogP contribution in [-0.2, 0) is 4.79 Å². The van der Waals surface area contributed by atoms with Gasteiger partial charge in [-0.3, -0.25) is 9.69 Å². The standard InChI is InChI=1S/C25H37N3O4/c1-3-13-28(24(31)32)20-7-10-22(18(2)16-20)26-14-4-11-25(17-26)12-15-27(23(25)30)19-5-8-21(29)9-6-19/h7,10,16,19,21,29H,3-6,8-9,11-15,17H2,1-2H3,(H,31,32)/t19-,21-,25?. The summed E-state index contributed by atoms with van der Waals surface area (Å²) in [6.45, 7) is 6.96. The van der Waals surface area contributed by atoms with Crippen LogP contribution in [0.15, 0.2) is 18.2 Å². The second-order valence-corrected chi connectivity index (χ2v) is 9.92. The Morgan fingerprint density at radius 3 is 2.59 bits per heavy atom. The summed E-state index contributed by atoms with van der Waals surface area (Å²) in [4.78, 5) is 31.1. The van der Waals surface area contributed by atoms with E-state index < -0.39 is 6.09 Å². The van der Waals surface area contributed by atoms with Gasteiger partial charge in [-0.2, -0.15) is 0 Å². The molecule has 1 unspecified atom stereocenters. The third-order valence-electron chi connectivity index (χ3n) is 7.74. The highest BCUT2D eigenvalue weighted by atomic mass is 16.4. The Hall–Kier alpha value is -2.28. The average molecular weight is 444 g/mol. The molecule has 3 aliphatic rings. The lowest BCUT2D eigenvalue weighted by molar-refractivity contribution is -0.139. The number of hydrogen-bond donors (Lipinski definition) is 2. The van der Waals surface area contributed by atoms with Crippen molar-refractivity contribution in [3.8, 4) is 0 Å². The first-order valence-electron chi connectivity index (χ1n) is 12.2. The van der Waals surface area contributed by atoms with E-state index in [0.29, 0.717) is 18.1 Å². The van der Waals surface area contributed by atoms with Crippen molar-refractivity contribution < 1.29 is 19.8 Å². The van der Waals surface area contributed by atoms with Crippen LogP contribution in [0.4, 0.5) is 16.2 Å². The number of carbonyl (C=O) groups is 2. The number of carbonyl (C=O) groups excluding carboxylic acids is 1. The van der Waals surface area contributed by atoms with Crippen LogP contribution in [0.5, 0.6) is 0 Å². The molecule has 7 heteroatoms. The monoisotopic (exact) mass is 443 g/mol. The summed E-state index contributed by atoms with van der Waals surface area (Å²) in [5.74, 6) is 0.304. The van der Waals surface area contributed by atoms with Gasteiger partial charge < -0.3 is 20.0 Å². The minimum atomic E-state index is -0.928. The van der Waals surface area contributed by atoms with Crippen molar-refractivity contribution in [3.63, 3.8) is 0 Å². The fourth-order valence-corrected chi connectivity index (χ4v) is 6.00. The number of benzene rings is 1. The number of hydrogen-bond acceptors (Lipinski definition) is 4. The second-order valence-electron chi connectivity index (χ2n) is 9.92. The molecule has 1 spiro atoms. The van der Waals surface area contributed by atoms with Crippen LogP contribution >= 0.6 is 0 Å². The summed E-state index contributed by atoms with van der Waals surface area (Å²) >= 11 is 0. The highest BCUT2D eigenvalue weighted by Crippen LogP contribution is 2.44. The predicted molar refractivity (Wildman–Crippen MR) is 125 cm³/mol. The van der Waals surface area contributed by atoms with E-state index in [0.717, 1.165) is 82.3 Å². The van der Waals surface area contributed by atoms with Crippen LogP contribution in [-0.4, -0.2) is 65.4 Å². The molecule has 0 aromatic heterocycles. The summed E-state index contributed by atoms with van der Waals surface area (Å²) in [5.41, 5.74) is 2.54. The molecule has 1 saturated carbocycles. The van der Waals surface area contributed by atoms with E-state index in [4.69, 9.17) is 0 Å². The number of nitrogens with zero attached hydrogens (tertiary/aromatic N) is 3. The summed E-state index contributed by atoms with van der Waals surface area (Å²) in [5, 5.41) is 19.4. The fraction of sp³-hybridized carbons (Fsp3) is 0.680. The molecule has 0 radical (unpaired) electrons. The lowest BCUT2D eigenvalue weighted by atomic mass is 9.78. The van der Waals surface area contributed by atoms with E-state index in [-0.39, 0.29) is 17.6 Å². The van der Waals surface area contributed by atoms with E-state index >= 15 is 0 Å². The van der Waals surface area contributed by atoms with Gasteiger partial charge in [0, 0.05) is 43.6 Å². The van der Waals surface area contributed by atoms with E-state index in [1.165, 1.54) is 4.90 Å². The average Bonchev–Trinajstić information content (AvgIpc) is 3.07. The lowest BCUT2D eigenvalue weighted by Crippen LogP contribution is -2.50. The molecule has 2 heterocycles. The normalized spacial score (nSPS) is 28.4. The van der Waals surface area contributed by atoms with Gasteiger partial charge in [-0.25, -0.2) is 4.79 Å². The van der Waals surface area contributed by atoms with Gasteiger partial charge in [0.2, 0.25) is 5.91 Å². The Morgan fingerprint density at radius 1 is 1.19 bits per heavy atom. The smallest absolute Gasteiger partial charge is 0.411 e. The first-order chi connectivity index (χ1) is 15.3. The molecule has 2 saturated heterocycles. The van der Waals surface area contributed by atoms with Gasteiger partial charge in [0.1, 0.15) is 0 Å². The molecule has 2 aliphatic heterocycles. The maximum absolute atomic E-state index is 13.6. The van der Waals surface area contributed by atoms with Gasteiger partial charge in [-0.1, -0.05) is 6.92 Å². The molecule has 176 valence electrons. The quantitative estimate of drug-likeness (QED) is 0.718. The molecule has 1 atom stereocenters. The Morgan fingerprint density at radius 2 is 1.94 bits per heavy atom. The molecule has 32 heavy (non-hydrogen) atoms. The maximum atomic E-state index is 13.6. The summed E-state index contributed by atoms with van der Waals surface area (Å²) < 4.78 is 0. The number of likely N-dealkylation sites (tertiary alicyclic amines) is 1. The van der Waals surface area contributed by atoms with Crippen LogP contribution in [0, 0.1) is 12.3 Å². The Bertz CT molecular complexity index is 852. The molecule has 2 amide bonds. The van der Waals surface area contributed by atoms with Gasteiger partial charge in [0.25, 0.3) is 0 Å². The molecule has 4 rings (SSSR count). The van der Waals surface area contributed by atoms with Gasteiger partial charge in [-0.15, -0.1) is 0 Å². The summed E-state index contributed by atoms with van der Waals surface area (Å²) in [7, 11) is 0. The van der Waals surface area contributed by atoms with E-state index in [1.807, 2.05) is 32.0 Å². The maximum Gasteiger partial charge on any atom is 0.411 e. The predicted octanol–water partition coefficient (Wildman–Crippen LogP) is 4.01. The molecule has 1 aromatic carbocycles. The number of aliphatic hydroxyl groups excluding tert-OH is 1. The van der Waals surface area contributed by atoms with Crippen molar-refractivity contribution in [2.45, 2.75) is 77.4 Å². The van der Waals surface area contributed by atoms with Gasteiger partial charge >= 0.3 is 6.09 Å². The second kappa shape index (κ2) is 9.30. The third-order valence-corrected chi connectivity index (χ3v) is 7.74. The van der Waals surface area contributed by atoms with Crippen molar-refractivity contribution >= 4 is 23.4 Å². The molecule has 7 nitrogen and oxygen atoms in total. The van der Waals surface area contributed by atoms with Crippen molar-refractivity contribution in [1.82, 2.24) is 4.90 Å². The molecular weight excluding hydrogens is 406 g/mol. The fourth-order valence-electron chi connectivity index (χ4n) is 6.00. The Labute approximate surface area is 191 Å². The van der Waals surface area contributed by atoms with Crippen LogP contribution in [0.3, 0.4) is 0 Å². The first kappa shape index (κ1) is 22.9. The van der Waals surface area contributed by atoms with Crippen LogP contribution in [0.2, 0.25) is 0 Å².